The summed E-state index contributed by atoms with van der Waals surface area (Å²) in [6.07, 6.45) is 1.14. The SMILES string of the molecule is C=CC(=O)OOCC1CO1. The molecule has 0 aliphatic carbocycles. The van der Waals surface area contributed by atoms with Crippen molar-refractivity contribution < 1.29 is 19.3 Å². The third-order valence-corrected chi connectivity index (χ3v) is 0.964. The molecule has 0 amide bonds. The number of epoxide rings is 1. The van der Waals surface area contributed by atoms with E-state index in [1.54, 1.807) is 0 Å². The average molecular weight is 144 g/mol. The summed E-state index contributed by atoms with van der Waals surface area (Å²) in [4.78, 5) is 19.0. The van der Waals surface area contributed by atoms with E-state index in [9.17, 15) is 4.79 Å². The number of hydrogen-bond acceptors (Lipinski definition) is 4. The maximum absolute atomic E-state index is 10.3. The van der Waals surface area contributed by atoms with Crippen LogP contribution < -0.4 is 0 Å². The maximum Gasteiger partial charge on any atom is 0.365 e. The molecule has 4 nitrogen and oxygen atoms in total. The molecule has 1 aliphatic heterocycles. The summed E-state index contributed by atoms with van der Waals surface area (Å²) in [6.45, 7) is 4.18. The Bertz CT molecular complexity index is 139. The van der Waals surface area contributed by atoms with Crippen LogP contribution >= 0.6 is 0 Å². The molecule has 1 fully saturated rings. The number of carbonyl (C=O) groups is 1. The molecule has 1 aliphatic rings. The van der Waals surface area contributed by atoms with Gasteiger partial charge in [0, 0.05) is 6.08 Å². The smallest absolute Gasteiger partial charge is 0.365 e. The van der Waals surface area contributed by atoms with E-state index in [-0.39, 0.29) is 6.10 Å². The van der Waals surface area contributed by atoms with E-state index in [0.717, 1.165) is 6.08 Å². The summed E-state index contributed by atoms with van der Waals surface area (Å²) in [7, 11) is 0. The molecule has 10 heavy (non-hydrogen) atoms. The van der Waals surface area contributed by atoms with Crippen molar-refractivity contribution in [3.8, 4) is 0 Å². The number of ether oxygens (including phenoxy) is 1. The fraction of sp³-hybridized carbons (Fsp3) is 0.500. The third kappa shape index (κ3) is 2.61. The lowest BCUT2D eigenvalue weighted by Gasteiger charge is -1.96. The van der Waals surface area contributed by atoms with Crippen LogP contribution in [-0.2, 0) is 19.3 Å². The van der Waals surface area contributed by atoms with Crippen molar-refractivity contribution >= 4 is 5.97 Å². The highest BCUT2D eigenvalue weighted by atomic mass is 17.2. The van der Waals surface area contributed by atoms with Crippen LogP contribution in [0.25, 0.3) is 0 Å². The second-order valence-electron chi connectivity index (χ2n) is 1.85. The first-order valence-corrected chi connectivity index (χ1v) is 2.90. The highest BCUT2D eigenvalue weighted by molar-refractivity contribution is 5.80. The summed E-state index contributed by atoms with van der Waals surface area (Å²) in [5.41, 5.74) is 0. The largest absolute Gasteiger partial charge is 0.370 e. The van der Waals surface area contributed by atoms with Crippen LogP contribution in [0.15, 0.2) is 12.7 Å². The van der Waals surface area contributed by atoms with Crippen molar-refractivity contribution in [2.45, 2.75) is 6.10 Å². The van der Waals surface area contributed by atoms with E-state index < -0.39 is 5.97 Å². The minimum absolute atomic E-state index is 0.109. The second-order valence-corrected chi connectivity index (χ2v) is 1.85. The van der Waals surface area contributed by atoms with Crippen LogP contribution in [0.1, 0.15) is 0 Å². The Labute approximate surface area is 58.3 Å². The van der Waals surface area contributed by atoms with Gasteiger partial charge in [0.25, 0.3) is 0 Å². The molecule has 56 valence electrons. The summed E-state index contributed by atoms with van der Waals surface area (Å²) < 4.78 is 4.78. The summed E-state index contributed by atoms with van der Waals surface area (Å²) in [5.74, 6) is -0.583. The molecule has 0 aromatic heterocycles. The van der Waals surface area contributed by atoms with Crippen LogP contribution in [0.3, 0.4) is 0 Å². The normalized spacial score (nSPS) is 21.8. The number of carbonyl (C=O) groups excluding carboxylic acids is 1. The lowest BCUT2D eigenvalue weighted by Crippen LogP contribution is -2.06. The quantitative estimate of drug-likeness (QED) is 0.242. The monoisotopic (exact) mass is 144 g/mol. The van der Waals surface area contributed by atoms with Gasteiger partial charge in [-0.1, -0.05) is 6.58 Å². The van der Waals surface area contributed by atoms with Gasteiger partial charge in [0.15, 0.2) is 0 Å². The Kier molecular flexibility index (Phi) is 2.42. The Morgan fingerprint density at radius 2 is 2.60 bits per heavy atom. The van der Waals surface area contributed by atoms with Crippen molar-refractivity contribution in [3.05, 3.63) is 12.7 Å². The van der Waals surface area contributed by atoms with E-state index in [1.165, 1.54) is 0 Å². The van der Waals surface area contributed by atoms with Gasteiger partial charge < -0.3 is 4.74 Å². The van der Waals surface area contributed by atoms with Crippen molar-refractivity contribution in [1.29, 1.82) is 0 Å². The Balaban J connectivity index is 1.93. The molecule has 1 unspecified atom stereocenters. The van der Waals surface area contributed by atoms with E-state index in [2.05, 4.69) is 16.4 Å². The van der Waals surface area contributed by atoms with Gasteiger partial charge in [0.1, 0.15) is 12.7 Å². The fourth-order valence-electron chi connectivity index (χ4n) is 0.366. The Morgan fingerprint density at radius 1 is 1.90 bits per heavy atom. The Hall–Kier alpha value is -0.870. The van der Waals surface area contributed by atoms with Gasteiger partial charge in [0.05, 0.1) is 6.61 Å². The van der Waals surface area contributed by atoms with Crippen LogP contribution in [0.5, 0.6) is 0 Å². The summed E-state index contributed by atoms with van der Waals surface area (Å²) >= 11 is 0. The van der Waals surface area contributed by atoms with E-state index in [0.29, 0.717) is 13.2 Å². The van der Waals surface area contributed by atoms with Crippen molar-refractivity contribution in [2.75, 3.05) is 13.2 Å². The molecule has 0 radical (unpaired) electrons. The minimum atomic E-state index is -0.583. The molecule has 0 bridgehead atoms. The van der Waals surface area contributed by atoms with E-state index in [1.807, 2.05) is 0 Å². The van der Waals surface area contributed by atoms with Crippen LogP contribution in [-0.4, -0.2) is 25.3 Å². The van der Waals surface area contributed by atoms with Crippen LogP contribution in [0, 0.1) is 0 Å². The minimum Gasteiger partial charge on any atom is -0.370 e. The molecule has 0 aromatic carbocycles. The zero-order valence-electron chi connectivity index (χ0n) is 5.41. The molecule has 1 heterocycles. The summed E-state index contributed by atoms with van der Waals surface area (Å²) in [5, 5.41) is 0. The van der Waals surface area contributed by atoms with Gasteiger partial charge in [-0.15, -0.1) is 0 Å². The van der Waals surface area contributed by atoms with E-state index in [4.69, 9.17) is 4.74 Å². The van der Waals surface area contributed by atoms with Gasteiger partial charge in [-0.25, -0.2) is 4.79 Å². The molecule has 1 saturated heterocycles. The van der Waals surface area contributed by atoms with Gasteiger partial charge in [-0.3, -0.25) is 4.89 Å². The first-order chi connectivity index (χ1) is 4.83. The van der Waals surface area contributed by atoms with Crippen molar-refractivity contribution in [3.63, 3.8) is 0 Å². The molecule has 0 saturated carbocycles. The highest BCUT2D eigenvalue weighted by Gasteiger charge is 2.23. The number of rotatable bonds is 4. The predicted octanol–water partition coefficient (Wildman–Crippen LogP) is 0.0460. The van der Waals surface area contributed by atoms with Crippen molar-refractivity contribution in [1.82, 2.24) is 0 Å². The standard InChI is InChI=1S/C6H8O4/c1-2-6(7)10-9-4-5-3-8-5/h2,5H,1,3-4H2. The predicted molar refractivity (Wildman–Crippen MR) is 32.0 cm³/mol. The molecule has 1 rings (SSSR count). The second kappa shape index (κ2) is 3.34. The van der Waals surface area contributed by atoms with E-state index >= 15 is 0 Å². The molecular formula is C6H8O4. The van der Waals surface area contributed by atoms with Gasteiger partial charge in [-0.05, 0) is 0 Å². The maximum atomic E-state index is 10.3. The third-order valence-electron chi connectivity index (χ3n) is 0.964. The molecule has 1 atom stereocenters. The number of hydrogen-bond donors (Lipinski definition) is 0. The average Bonchev–Trinajstić information content (AvgIpc) is 2.71. The van der Waals surface area contributed by atoms with Gasteiger partial charge >= 0.3 is 5.97 Å². The molecular weight excluding hydrogens is 136 g/mol. The zero-order chi connectivity index (χ0) is 7.40. The zero-order valence-corrected chi connectivity index (χ0v) is 5.41. The lowest BCUT2D eigenvalue weighted by atomic mass is 10.5. The Morgan fingerprint density at radius 3 is 3.10 bits per heavy atom. The first kappa shape index (κ1) is 7.24. The van der Waals surface area contributed by atoms with Gasteiger partial charge in [-0.2, -0.15) is 4.89 Å². The molecule has 0 N–H and O–H groups in total. The topological polar surface area (TPSA) is 48.1 Å². The fourth-order valence-corrected chi connectivity index (χ4v) is 0.366. The molecule has 0 aromatic rings. The van der Waals surface area contributed by atoms with Crippen LogP contribution in [0.2, 0.25) is 0 Å². The summed E-state index contributed by atoms with van der Waals surface area (Å²) in [6, 6.07) is 0. The van der Waals surface area contributed by atoms with Crippen molar-refractivity contribution in [2.24, 2.45) is 0 Å². The van der Waals surface area contributed by atoms with Crippen LogP contribution in [0.4, 0.5) is 0 Å². The first-order valence-electron chi connectivity index (χ1n) is 2.90. The molecule has 4 heteroatoms. The lowest BCUT2D eigenvalue weighted by molar-refractivity contribution is -0.268. The highest BCUT2D eigenvalue weighted by Crippen LogP contribution is 2.08. The molecule has 0 spiro atoms. The van der Waals surface area contributed by atoms with Gasteiger partial charge in [0.2, 0.25) is 0 Å².